The maximum absolute atomic E-state index is 11.8. The third-order valence-electron chi connectivity index (χ3n) is 2.70. The molecular formula is C15H18N2O2. The molecule has 1 atom stereocenters. The monoisotopic (exact) mass is 258 g/mol. The zero-order valence-electron chi connectivity index (χ0n) is 10.8. The largest absolute Gasteiger partial charge is 0.368 e. The van der Waals surface area contributed by atoms with Crippen molar-refractivity contribution in [2.45, 2.75) is 31.7 Å². The number of hydrogen-bond acceptors (Lipinski definition) is 2. The number of nitrogens with two attached hydrogens (primary N) is 1. The number of carbonyl (C=O) groups excluding carboxylic acids is 2. The highest BCUT2D eigenvalue weighted by molar-refractivity contribution is 5.87. The molecule has 4 heteroatoms. The summed E-state index contributed by atoms with van der Waals surface area (Å²) in [4.78, 5) is 23.0. The number of benzene rings is 1. The number of hydrogen-bond donors (Lipinski definition) is 2. The molecule has 0 unspecified atom stereocenters. The minimum Gasteiger partial charge on any atom is -0.368 e. The molecule has 0 fully saturated rings. The average Bonchev–Trinajstić information content (AvgIpc) is 2.38. The standard InChI is InChI=1S/C15H18N2O2/c1-2-3-5-10-13(15(16)19)17-14(18)11-12-8-6-4-7-9-12/h1,4,6-9,13H,3,5,10-11H2,(H2,16,19)(H,17,18)/t13-/m1/s1. The summed E-state index contributed by atoms with van der Waals surface area (Å²) in [5, 5.41) is 2.64. The minimum absolute atomic E-state index is 0.212. The molecule has 1 aromatic carbocycles. The van der Waals surface area contributed by atoms with Gasteiger partial charge in [0.15, 0.2) is 0 Å². The van der Waals surface area contributed by atoms with Crippen LogP contribution in [0.5, 0.6) is 0 Å². The van der Waals surface area contributed by atoms with Crippen molar-refractivity contribution in [3.05, 3.63) is 35.9 Å². The number of unbranched alkanes of at least 4 members (excludes halogenated alkanes) is 1. The van der Waals surface area contributed by atoms with E-state index in [9.17, 15) is 9.59 Å². The molecular weight excluding hydrogens is 240 g/mol. The highest BCUT2D eigenvalue weighted by atomic mass is 16.2. The second-order valence-electron chi connectivity index (χ2n) is 4.28. The first-order chi connectivity index (χ1) is 9.13. The molecule has 0 saturated heterocycles. The normalized spacial score (nSPS) is 11.3. The molecule has 1 aromatic rings. The van der Waals surface area contributed by atoms with Crippen LogP contribution in [0.4, 0.5) is 0 Å². The molecule has 0 saturated carbocycles. The third-order valence-corrected chi connectivity index (χ3v) is 2.70. The Morgan fingerprint density at radius 3 is 2.58 bits per heavy atom. The van der Waals surface area contributed by atoms with E-state index in [4.69, 9.17) is 12.2 Å². The number of rotatable bonds is 7. The Kier molecular flexibility index (Phi) is 6.17. The molecule has 0 aliphatic heterocycles. The van der Waals surface area contributed by atoms with E-state index >= 15 is 0 Å². The maximum atomic E-state index is 11.8. The number of primary amides is 1. The Morgan fingerprint density at radius 1 is 1.32 bits per heavy atom. The van der Waals surface area contributed by atoms with Gasteiger partial charge in [0.2, 0.25) is 11.8 Å². The van der Waals surface area contributed by atoms with Crippen molar-refractivity contribution in [2.75, 3.05) is 0 Å². The van der Waals surface area contributed by atoms with Gasteiger partial charge in [-0.1, -0.05) is 30.3 Å². The Morgan fingerprint density at radius 2 is 2.00 bits per heavy atom. The lowest BCUT2D eigenvalue weighted by atomic mass is 10.1. The van der Waals surface area contributed by atoms with Crippen molar-refractivity contribution in [3.8, 4) is 12.3 Å². The summed E-state index contributed by atoms with van der Waals surface area (Å²) in [6, 6.07) is 8.67. The fourth-order valence-corrected chi connectivity index (χ4v) is 1.72. The Bertz CT molecular complexity index is 463. The molecule has 19 heavy (non-hydrogen) atoms. The van der Waals surface area contributed by atoms with Gasteiger partial charge in [0.1, 0.15) is 6.04 Å². The van der Waals surface area contributed by atoms with E-state index in [1.54, 1.807) is 0 Å². The molecule has 0 aliphatic carbocycles. The summed E-state index contributed by atoms with van der Waals surface area (Å²) < 4.78 is 0. The van der Waals surface area contributed by atoms with Crippen molar-refractivity contribution < 1.29 is 9.59 Å². The predicted molar refractivity (Wildman–Crippen MR) is 74.0 cm³/mol. The van der Waals surface area contributed by atoms with Crippen molar-refractivity contribution in [1.29, 1.82) is 0 Å². The third kappa shape index (κ3) is 5.73. The second-order valence-corrected chi connectivity index (χ2v) is 4.28. The molecule has 0 heterocycles. The molecule has 100 valence electrons. The Balaban J connectivity index is 2.47. The summed E-state index contributed by atoms with van der Waals surface area (Å²) in [5.41, 5.74) is 6.15. The number of terminal acetylenes is 1. The molecule has 0 radical (unpaired) electrons. The summed E-state index contributed by atoms with van der Waals surface area (Å²) in [6.07, 6.45) is 7.08. The van der Waals surface area contributed by atoms with Crippen molar-refractivity contribution in [1.82, 2.24) is 5.32 Å². The van der Waals surface area contributed by atoms with Gasteiger partial charge in [-0.05, 0) is 18.4 Å². The van der Waals surface area contributed by atoms with E-state index in [0.717, 1.165) is 5.56 Å². The van der Waals surface area contributed by atoms with Gasteiger partial charge in [-0.25, -0.2) is 0 Å². The topological polar surface area (TPSA) is 72.2 Å². The van der Waals surface area contributed by atoms with Gasteiger partial charge in [0.05, 0.1) is 6.42 Å². The zero-order chi connectivity index (χ0) is 14.1. The summed E-state index contributed by atoms with van der Waals surface area (Å²) in [6.45, 7) is 0. The van der Waals surface area contributed by atoms with Gasteiger partial charge >= 0.3 is 0 Å². The van der Waals surface area contributed by atoms with E-state index in [1.807, 2.05) is 30.3 Å². The van der Waals surface area contributed by atoms with E-state index < -0.39 is 11.9 Å². The fourth-order valence-electron chi connectivity index (χ4n) is 1.72. The van der Waals surface area contributed by atoms with Crippen molar-refractivity contribution in [2.24, 2.45) is 5.73 Å². The zero-order valence-corrected chi connectivity index (χ0v) is 10.8. The lowest BCUT2D eigenvalue weighted by Crippen LogP contribution is -2.44. The summed E-state index contributed by atoms with van der Waals surface area (Å²) in [7, 11) is 0. The number of carbonyl (C=O) groups is 2. The van der Waals surface area contributed by atoms with Crippen LogP contribution in [0.3, 0.4) is 0 Å². The van der Waals surface area contributed by atoms with E-state index in [0.29, 0.717) is 19.3 Å². The summed E-state index contributed by atoms with van der Waals surface area (Å²) in [5.74, 6) is 1.75. The summed E-state index contributed by atoms with van der Waals surface area (Å²) >= 11 is 0. The van der Waals surface area contributed by atoms with Crippen LogP contribution in [0.1, 0.15) is 24.8 Å². The highest BCUT2D eigenvalue weighted by Crippen LogP contribution is 2.03. The molecule has 1 rings (SSSR count). The van der Waals surface area contributed by atoms with Gasteiger partial charge in [0, 0.05) is 6.42 Å². The van der Waals surface area contributed by atoms with Crippen molar-refractivity contribution >= 4 is 11.8 Å². The maximum Gasteiger partial charge on any atom is 0.240 e. The van der Waals surface area contributed by atoms with Crippen LogP contribution >= 0.6 is 0 Å². The lowest BCUT2D eigenvalue weighted by molar-refractivity contribution is -0.127. The predicted octanol–water partition coefficient (Wildman–Crippen LogP) is 1.00. The molecule has 4 nitrogen and oxygen atoms in total. The second kappa shape index (κ2) is 7.93. The van der Waals surface area contributed by atoms with Crippen molar-refractivity contribution in [3.63, 3.8) is 0 Å². The van der Waals surface area contributed by atoms with Gasteiger partial charge < -0.3 is 11.1 Å². The smallest absolute Gasteiger partial charge is 0.240 e. The number of nitrogens with one attached hydrogen (secondary N) is 1. The van der Waals surface area contributed by atoms with Crippen LogP contribution < -0.4 is 11.1 Å². The van der Waals surface area contributed by atoms with Gasteiger partial charge in [-0.15, -0.1) is 12.3 Å². The van der Waals surface area contributed by atoms with E-state index in [2.05, 4.69) is 11.2 Å². The Hall–Kier alpha value is -2.28. The van der Waals surface area contributed by atoms with Crippen LogP contribution in [-0.2, 0) is 16.0 Å². The Labute approximate surface area is 113 Å². The molecule has 3 N–H and O–H groups in total. The minimum atomic E-state index is -0.649. The molecule has 0 bridgehead atoms. The first-order valence-corrected chi connectivity index (χ1v) is 6.19. The van der Waals surface area contributed by atoms with Crippen LogP contribution in [-0.4, -0.2) is 17.9 Å². The van der Waals surface area contributed by atoms with Gasteiger partial charge in [0.25, 0.3) is 0 Å². The van der Waals surface area contributed by atoms with Crippen LogP contribution in [0, 0.1) is 12.3 Å². The molecule has 2 amide bonds. The van der Waals surface area contributed by atoms with E-state index in [1.165, 1.54) is 0 Å². The van der Waals surface area contributed by atoms with E-state index in [-0.39, 0.29) is 12.3 Å². The molecule has 0 aliphatic rings. The SMILES string of the molecule is C#CCCC[C@@H](NC(=O)Cc1ccccc1)C(N)=O. The fraction of sp³-hybridized carbons (Fsp3) is 0.333. The first-order valence-electron chi connectivity index (χ1n) is 6.19. The van der Waals surface area contributed by atoms with Gasteiger partial charge in [-0.2, -0.15) is 0 Å². The average molecular weight is 258 g/mol. The number of amides is 2. The van der Waals surface area contributed by atoms with Gasteiger partial charge in [-0.3, -0.25) is 9.59 Å². The van der Waals surface area contributed by atoms with Crippen LogP contribution in [0.15, 0.2) is 30.3 Å². The highest BCUT2D eigenvalue weighted by Gasteiger charge is 2.17. The lowest BCUT2D eigenvalue weighted by Gasteiger charge is -2.14. The molecule has 0 spiro atoms. The van der Waals surface area contributed by atoms with Crippen LogP contribution in [0.25, 0.3) is 0 Å². The van der Waals surface area contributed by atoms with Crippen LogP contribution in [0.2, 0.25) is 0 Å². The quantitative estimate of drug-likeness (QED) is 0.566. The molecule has 0 aromatic heterocycles. The first kappa shape index (κ1) is 14.8.